The average Bonchev–Trinajstić information content (AvgIpc) is 3.47. The van der Waals surface area contributed by atoms with Crippen LogP contribution in [0.2, 0.25) is 0 Å². The molecule has 1 amide bonds. The van der Waals surface area contributed by atoms with E-state index >= 15 is 0 Å². The second-order valence-corrected chi connectivity index (χ2v) is 9.08. The lowest BCUT2D eigenvalue weighted by molar-refractivity contribution is -0.142. The first-order valence-corrected chi connectivity index (χ1v) is 12.1. The molecule has 2 aromatic heterocycles. The fraction of sp³-hybridized carbons (Fsp3) is 0.458. The third-order valence-corrected chi connectivity index (χ3v) is 6.95. The number of esters is 1. The lowest BCUT2D eigenvalue weighted by Crippen LogP contribution is -2.43. The maximum Gasteiger partial charge on any atom is 0.328 e. The molecule has 34 heavy (non-hydrogen) atoms. The Morgan fingerprint density at radius 3 is 2.71 bits per heavy atom. The van der Waals surface area contributed by atoms with Gasteiger partial charge < -0.3 is 24.1 Å². The molecule has 1 aromatic carbocycles. The number of hydrogen-bond acceptors (Lipinski definition) is 8. The number of benzene rings is 1. The van der Waals surface area contributed by atoms with Gasteiger partial charge in [-0.2, -0.15) is 0 Å². The summed E-state index contributed by atoms with van der Waals surface area (Å²) < 4.78 is 18.2. The number of methoxy groups -OCH3 is 2. The molecule has 1 aliphatic rings. The average molecular weight is 487 g/mol. The molecule has 1 aliphatic heterocycles. The summed E-state index contributed by atoms with van der Waals surface area (Å²) in [6.07, 6.45) is 1.95. The number of nitrogens with zero attached hydrogens (tertiary/aromatic N) is 3. The molecular formula is C24H30N4O5S. The van der Waals surface area contributed by atoms with Gasteiger partial charge in [-0.15, -0.1) is 11.3 Å². The van der Waals surface area contributed by atoms with Crippen LogP contribution in [0.4, 0.5) is 0 Å². The Labute approximate surface area is 202 Å². The van der Waals surface area contributed by atoms with Crippen molar-refractivity contribution in [3.05, 3.63) is 46.0 Å². The van der Waals surface area contributed by atoms with Gasteiger partial charge in [0, 0.05) is 55.3 Å². The SMILES string of the molecule is COC(=O)C(Cc1nccs1)NC(=O)c1c(C)n(CCN2CCOCC2)c2c(OC)cccc12. The Kier molecular flexibility index (Phi) is 7.81. The highest BCUT2D eigenvalue weighted by Crippen LogP contribution is 2.33. The highest BCUT2D eigenvalue weighted by atomic mass is 32.1. The molecule has 1 atom stereocenters. The number of thiazole rings is 1. The van der Waals surface area contributed by atoms with Crippen LogP contribution >= 0.6 is 11.3 Å². The Bertz CT molecular complexity index is 1140. The van der Waals surface area contributed by atoms with Crippen molar-refractivity contribution in [2.24, 2.45) is 0 Å². The standard InChI is InChI=1S/C24H30N4O5S/c1-16-21(23(29)26-18(24(30)32-3)15-20-25-7-14-34-20)17-5-4-6-19(31-2)22(17)28(16)9-8-27-10-12-33-13-11-27/h4-7,14,18H,8-13,15H2,1-3H3,(H,26,29). The van der Waals surface area contributed by atoms with E-state index in [9.17, 15) is 9.59 Å². The van der Waals surface area contributed by atoms with E-state index in [1.54, 1.807) is 13.3 Å². The van der Waals surface area contributed by atoms with Crippen molar-refractivity contribution in [1.82, 2.24) is 19.8 Å². The van der Waals surface area contributed by atoms with E-state index in [1.165, 1.54) is 18.4 Å². The van der Waals surface area contributed by atoms with Gasteiger partial charge in [-0.1, -0.05) is 12.1 Å². The second-order valence-electron chi connectivity index (χ2n) is 8.10. The number of amides is 1. The number of nitrogens with one attached hydrogen (secondary N) is 1. The topological polar surface area (TPSA) is 94.9 Å². The number of carbonyl (C=O) groups excluding carboxylic acids is 2. The smallest absolute Gasteiger partial charge is 0.328 e. The molecule has 0 spiro atoms. The summed E-state index contributed by atoms with van der Waals surface area (Å²) in [5, 5.41) is 6.26. The van der Waals surface area contributed by atoms with Gasteiger partial charge in [-0.25, -0.2) is 9.78 Å². The largest absolute Gasteiger partial charge is 0.495 e. The van der Waals surface area contributed by atoms with E-state index in [-0.39, 0.29) is 12.3 Å². The number of hydrogen-bond donors (Lipinski definition) is 1. The second kappa shape index (κ2) is 11.0. The van der Waals surface area contributed by atoms with Gasteiger partial charge in [0.1, 0.15) is 11.8 Å². The van der Waals surface area contributed by atoms with Gasteiger partial charge in [0.2, 0.25) is 0 Å². The van der Waals surface area contributed by atoms with Gasteiger partial charge in [0.15, 0.2) is 0 Å². The van der Waals surface area contributed by atoms with Crippen molar-refractivity contribution in [2.75, 3.05) is 47.1 Å². The van der Waals surface area contributed by atoms with Crippen LogP contribution in [-0.4, -0.2) is 79.4 Å². The summed E-state index contributed by atoms with van der Waals surface area (Å²) in [5.74, 6) is -0.128. The van der Waals surface area contributed by atoms with Gasteiger partial charge in [-0.05, 0) is 13.0 Å². The molecule has 4 rings (SSSR count). The molecule has 1 fully saturated rings. The zero-order valence-corrected chi connectivity index (χ0v) is 20.5. The summed E-state index contributed by atoms with van der Waals surface area (Å²) >= 11 is 1.43. The number of ether oxygens (including phenoxy) is 3. The van der Waals surface area contributed by atoms with E-state index in [1.807, 2.05) is 30.5 Å². The molecule has 1 N–H and O–H groups in total. The van der Waals surface area contributed by atoms with Crippen LogP contribution in [0.25, 0.3) is 10.9 Å². The molecule has 0 radical (unpaired) electrons. The molecule has 3 aromatic rings. The third kappa shape index (κ3) is 5.08. The van der Waals surface area contributed by atoms with Crippen LogP contribution in [0.3, 0.4) is 0 Å². The molecule has 3 heterocycles. The third-order valence-electron chi connectivity index (χ3n) is 6.15. The van der Waals surface area contributed by atoms with Crippen LogP contribution in [-0.2, 0) is 27.2 Å². The number of rotatable bonds is 9. The Hall–Kier alpha value is -2.95. The van der Waals surface area contributed by atoms with Crippen molar-refractivity contribution in [1.29, 1.82) is 0 Å². The summed E-state index contributed by atoms with van der Waals surface area (Å²) in [4.78, 5) is 32.6. The van der Waals surface area contributed by atoms with E-state index in [0.29, 0.717) is 17.9 Å². The van der Waals surface area contributed by atoms with Crippen LogP contribution in [0.1, 0.15) is 21.1 Å². The molecule has 1 unspecified atom stereocenters. The quantitative estimate of drug-likeness (QED) is 0.464. The van der Waals surface area contributed by atoms with Crippen molar-refractivity contribution < 1.29 is 23.8 Å². The number of carbonyl (C=O) groups is 2. The van der Waals surface area contributed by atoms with E-state index in [2.05, 4.69) is 19.8 Å². The highest BCUT2D eigenvalue weighted by molar-refractivity contribution is 7.09. The summed E-state index contributed by atoms with van der Waals surface area (Å²) in [6.45, 7) is 6.71. The van der Waals surface area contributed by atoms with Crippen molar-refractivity contribution in [3.63, 3.8) is 0 Å². The Morgan fingerprint density at radius 2 is 2.03 bits per heavy atom. The lowest BCUT2D eigenvalue weighted by atomic mass is 10.1. The van der Waals surface area contributed by atoms with E-state index in [4.69, 9.17) is 14.2 Å². The Morgan fingerprint density at radius 1 is 1.24 bits per heavy atom. The van der Waals surface area contributed by atoms with Crippen molar-refractivity contribution in [3.8, 4) is 5.75 Å². The summed E-state index contributed by atoms with van der Waals surface area (Å²) in [6, 6.07) is 4.85. The number of fused-ring (bicyclic) bond motifs is 1. The number of aromatic nitrogens is 2. The van der Waals surface area contributed by atoms with Crippen LogP contribution in [0.15, 0.2) is 29.8 Å². The van der Waals surface area contributed by atoms with Crippen molar-refractivity contribution in [2.45, 2.75) is 25.9 Å². The van der Waals surface area contributed by atoms with Gasteiger partial charge in [0.25, 0.3) is 5.91 Å². The normalized spacial score (nSPS) is 15.3. The molecule has 1 saturated heterocycles. The first-order chi connectivity index (χ1) is 16.5. The molecule has 10 heteroatoms. The zero-order chi connectivity index (χ0) is 24.1. The summed E-state index contributed by atoms with van der Waals surface area (Å²) in [7, 11) is 2.95. The van der Waals surface area contributed by atoms with E-state index < -0.39 is 12.0 Å². The maximum atomic E-state index is 13.5. The lowest BCUT2D eigenvalue weighted by Gasteiger charge is -2.27. The van der Waals surface area contributed by atoms with Gasteiger partial charge in [-0.3, -0.25) is 9.69 Å². The maximum absolute atomic E-state index is 13.5. The molecular weight excluding hydrogens is 456 g/mol. The van der Waals surface area contributed by atoms with Crippen LogP contribution < -0.4 is 10.1 Å². The number of para-hydroxylation sites is 1. The Balaban J connectivity index is 1.66. The molecule has 9 nitrogen and oxygen atoms in total. The minimum atomic E-state index is -0.833. The van der Waals surface area contributed by atoms with Crippen molar-refractivity contribution >= 4 is 34.1 Å². The minimum Gasteiger partial charge on any atom is -0.495 e. The zero-order valence-electron chi connectivity index (χ0n) is 19.7. The summed E-state index contributed by atoms with van der Waals surface area (Å²) in [5.41, 5.74) is 2.22. The molecule has 0 saturated carbocycles. The van der Waals surface area contributed by atoms with Crippen LogP contribution in [0, 0.1) is 6.92 Å². The molecule has 182 valence electrons. The molecule has 0 aliphatic carbocycles. The van der Waals surface area contributed by atoms with Gasteiger partial charge >= 0.3 is 5.97 Å². The van der Waals surface area contributed by atoms with E-state index in [0.717, 1.165) is 54.5 Å². The van der Waals surface area contributed by atoms with Gasteiger partial charge in [0.05, 0.1) is 43.5 Å². The first-order valence-electron chi connectivity index (χ1n) is 11.3. The predicted molar refractivity (Wildman–Crippen MR) is 130 cm³/mol. The van der Waals surface area contributed by atoms with Crippen LogP contribution in [0.5, 0.6) is 5.75 Å². The fourth-order valence-electron chi connectivity index (χ4n) is 4.39. The monoisotopic (exact) mass is 486 g/mol. The fourth-order valence-corrected chi connectivity index (χ4v) is 5.05. The highest BCUT2D eigenvalue weighted by Gasteiger charge is 2.28. The number of morpholine rings is 1. The predicted octanol–water partition coefficient (Wildman–Crippen LogP) is 2.26. The first kappa shape index (κ1) is 24.2. The minimum absolute atomic E-state index is 0.272. The molecule has 0 bridgehead atoms.